The van der Waals surface area contributed by atoms with Crippen molar-refractivity contribution in [1.29, 1.82) is 0 Å². The van der Waals surface area contributed by atoms with Gasteiger partial charge in [-0.05, 0) is 25.9 Å². The van der Waals surface area contributed by atoms with Gasteiger partial charge in [-0.3, -0.25) is 0 Å². The molecule has 2 fully saturated rings. The largest absolute Gasteiger partial charge is 0.347 e. The average Bonchev–Trinajstić information content (AvgIpc) is 2.31. The van der Waals surface area contributed by atoms with Gasteiger partial charge in [0.2, 0.25) is 7.41 Å². The zero-order valence-corrected chi connectivity index (χ0v) is 10.1. The van der Waals surface area contributed by atoms with Crippen molar-refractivity contribution in [2.45, 2.75) is 63.4 Å². The van der Waals surface area contributed by atoms with Crippen LogP contribution in [0.2, 0.25) is 18.5 Å². The molecule has 0 spiro atoms. The molecule has 0 bridgehead atoms. The molecule has 0 atom stereocenters. The molecule has 2 rings (SSSR count). The Bertz CT molecular complexity index is 172. The summed E-state index contributed by atoms with van der Waals surface area (Å²) < 4.78 is 0. The van der Waals surface area contributed by atoms with Gasteiger partial charge in [-0.25, -0.2) is 0 Å². The van der Waals surface area contributed by atoms with Gasteiger partial charge in [0.15, 0.2) is 0 Å². The molecule has 0 aromatic heterocycles. The Morgan fingerprint density at radius 3 is 2.07 bits per heavy atom. The first-order valence-corrected chi connectivity index (χ1v) is 6.77. The number of hydrogen-bond donors (Lipinski definition) is 0. The second-order valence-electron chi connectivity index (χ2n) is 5.22. The Morgan fingerprint density at radius 2 is 1.47 bits per heavy atom. The van der Waals surface area contributed by atoms with Crippen molar-refractivity contribution in [3.63, 3.8) is 0 Å². The molecule has 3 heteroatoms. The molecule has 15 heavy (non-hydrogen) atoms. The lowest BCUT2D eigenvalue weighted by molar-refractivity contribution is 0.357. The molecule has 1 saturated carbocycles. The van der Waals surface area contributed by atoms with Crippen molar-refractivity contribution in [3.8, 4) is 0 Å². The normalized spacial score (nSPS) is 26.5. The van der Waals surface area contributed by atoms with Crippen LogP contribution < -0.4 is 0 Å². The summed E-state index contributed by atoms with van der Waals surface area (Å²) in [5.41, 5.74) is 0. The minimum atomic E-state index is 0.921. The van der Waals surface area contributed by atoms with Crippen LogP contribution in [0.4, 0.5) is 0 Å². The van der Waals surface area contributed by atoms with Crippen LogP contribution >= 0.6 is 0 Å². The van der Waals surface area contributed by atoms with Crippen molar-refractivity contribution >= 4 is 14.7 Å². The number of nitrogens with zero attached hydrogens (tertiary/aromatic N) is 1. The van der Waals surface area contributed by atoms with E-state index in [0.717, 1.165) is 11.6 Å². The molecular formula is C12H23B2N. The molecule has 1 aliphatic carbocycles. The molecule has 0 N–H and O–H groups in total. The summed E-state index contributed by atoms with van der Waals surface area (Å²) in [6.45, 7) is 4.72. The zero-order chi connectivity index (χ0) is 10.5. The lowest BCUT2D eigenvalue weighted by Crippen LogP contribution is -2.35. The SMILES string of the molecule is C[B]N1CCC([B]C2CCCCC2)CC1. The van der Waals surface area contributed by atoms with E-state index in [4.69, 9.17) is 0 Å². The molecular weight excluding hydrogens is 180 g/mol. The van der Waals surface area contributed by atoms with Crippen LogP contribution in [0, 0.1) is 0 Å². The zero-order valence-electron chi connectivity index (χ0n) is 10.1. The lowest BCUT2D eigenvalue weighted by atomic mass is 9.49. The fraction of sp³-hybridized carbons (Fsp3) is 1.00. The predicted molar refractivity (Wildman–Crippen MR) is 68.8 cm³/mol. The van der Waals surface area contributed by atoms with Crippen LogP contribution in [0.5, 0.6) is 0 Å². The van der Waals surface area contributed by atoms with Crippen molar-refractivity contribution in [2.24, 2.45) is 0 Å². The van der Waals surface area contributed by atoms with Crippen LogP contribution in [0.3, 0.4) is 0 Å². The Morgan fingerprint density at radius 1 is 0.867 bits per heavy atom. The predicted octanol–water partition coefficient (Wildman–Crippen LogP) is 2.99. The fourth-order valence-electron chi connectivity index (χ4n) is 3.08. The number of hydrogen-bond acceptors (Lipinski definition) is 1. The summed E-state index contributed by atoms with van der Waals surface area (Å²) >= 11 is 0. The van der Waals surface area contributed by atoms with Crippen LogP contribution in [0.15, 0.2) is 0 Å². The van der Waals surface area contributed by atoms with Crippen molar-refractivity contribution < 1.29 is 0 Å². The third kappa shape index (κ3) is 3.55. The second-order valence-corrected chi connectivity index (χ2v) is 5.22. The highest BCUT2D eigenvalue weighted by Crippen LogP contribution is 2.33. The van der Waals surface area contributed by atoms with Gasteiger partial charge in [0.25, 0.3) is 0 Å². The topological polar surface area (TPSA) is 3.24 Å². The number of piperidine rings is 1. The first-order chi connectivity index (χ1) is 7.38. The van der Waals surface area contributed by atoms with Gasteiger partial charge < -0.3 is 4.81 Å². The molecule has 0 aromatic carbocycles. The standard InChI is InChI=1S/C12H23B2N/c1-13-15-9-7-12(8-10-15)14-11-5-3-2-4-6-11/h11-12H,2-10H2,1H3. The Balaban J connectivity index is 1.67. The van der Waals surface area contributed by atoms with Crippen LogP contribution in [-0.2, 0) is 0 Å². The van der Waals surface area contributed by atoms with Gasteiger partial charge in [-0.1, -0.05) is 50.6 Å². The van der Waals surface area contributed by atoms with Gasteiger partial charge in [0, 0.05) is 0 Å². The minimum Gasteiger partial charge on any atom is -0.347 e. The highest BCUT2D eigenvalue weighted by atomic mass is 15.0. The average molecular weight is 203 g/mol. The van der Waals surface area contributed by atoms with E-state index in [0.29, 0.717) is 0 Å². The number of rotatable bonds is 3. The minimum absolute atomic E-state index is 0.921. The Labute approximate surface area is 96.5 Å². The highest BCUT2D eigenvalue weighted by molar-refractivity contribution is 6.39. The Kier molecular flexibility index (Phi) is 4.61. The third-order valence-electron chi connectivity index (χ3n) is 4.13. The molecule has 2 aliphatic rings. The molecule has 0 aromatic rings. The van der Waals surface area contributed by atoms with Crippen molar-refractivity contribution in [3.05, 3.63) is 0 Å². The third-order valence-corrected chi connectivity index (χ3v) is 4.13. The van der Waals surface area contributed by atoms with Crippen molar-refractivity contribution in [1.82, 2.24) is 4.81 Å². The maximum atomic E-state index is 2.70. The lowest BCUT2D eigenvalue weighted by Gasteiger charge is -2.33. The summed E-state index contributed by atoms with van der Waals surface area (Å²) in [4.78, 5) is 2.46. The van der Waals surface area contributed by atoms with Gasteiger partial charge in [0.1, 0.15) is 7.28 Å². The van der Waals surface area contributed by atoms with Gasteiger partial charge in [-0.15, -0.1) is 0 Å². The van der Waals surface area contributed by atoms with Gasteiger partial charge in [0.05, 0.1) is 0 Å². The van der Waals surface area contributed by atoms with Crippen LogP contribution in [-0.4, -0.2) is 32.6 Å². The van der Waals surface area contributed by atoms with Crippen LogP contribution in [0.1, 0.15) is 44.9 Å². The molecule has 0 unspecified atom stereocenters. The molecule has 1 nitrogen and oxygen atoms in total. The molecule has 2 radical (unpaired) electrons. The fourth-order valence-corrected chi connectivity index (χ4v) is 3.08. The van der Waals surface area contributed by atoms with Crippen molar-refractivity contribution in [2.75, 3.05) is 13.1 Å². The van der Waals surface area contributed by atoms with E-state index in [1.807, 2.05) is 0 Å². The molecule has 0 amide bonds. The smallest absolute Gasteiger partial charge is 0.205 e. The summed E-state index contributed by atoms with van der Waals surface area (Å²) in [6, 6.07) is 0. The first kappa shape index (κ1) is 11.6. The van der Waals surface area contributed by atoms with E-state index in [-0.39, 0.29) is 0 Å². The highest BCUT2D eigenvalue weighted by Gasteiger charge is 2.23. The van der Waals surface area contributed by atoms with E-state index in [1.54, 1.807) is 0 Å². The van der Waals surface area contributed by atoms with Crippen LogP contribution in [0.25, 0.3) is 0 Å². The van der Waals surface area contributed by atoms with E-state index in [9.17, 15) is 0 Å². The van der Waals surface area contributed by atoms with E-state index < -0.39 is 0 Å². The van der Waals surface area contributed by atoms with Gasteiger partial charge >= 0.3 is 0 Å². The second kappa shape index (κ2) is 5.98. The first-order valence-electron chi connectivity index (χ1n) is 6.77. The quantitative estimate of drug-likeness (QED) is 0.637. The molecule has 1 aliphatic heterocycles. The van der Waals surface area contributed by atoms with Gasteiger partial charge in [-0.2, -0.15) is 0 Å². The maximum absolute atomic E-state index is 2.70. The molecule has 82 valence electrons. The summed E-state index contributed by atoms with van der Waals surface area (Å²) in [7, 11) is 4.95. The van der Waals surface area contributed by atoms with E-state index in [1.165, 1.54) is 58.0 Å². The maximum Gasteiger partial charge on any atom is 0.205 e. The Hall–Kier alpha value is 0.0899. The van der Waals surface area contributed by atoms with E-state index >= 15 is 0 Å². The monoisotopic (exact) mass is 203 g/mol. The summed E-state index contributed by atoms with van der Waals surface area (Å²) in [5, 5.41) is 0. The molecule has 1 saturated heterocycles. The van der Waals surface area contributed by atoms with E-state index in [2.05, 4.69) is 26.3 Å². The molecule has 1 heterocycles. The summed E-state index contributed by atoms with van der Waals surface area (Å²) in [6.07, 6.45) is 10.2. The summed E-state index contributed by atoms with van der Waals surface area (Å²) in [5.74, 6) is 1.88.